The molecular weight excluding hydrogens is 202 g/mol. The lowest BCUT2D eigenvalue weighted by Gasteiger charge is -2.07. The monoisotopic (exact) mass is 215 g/mol. The van der Waals surface area contributed by atoms with Gasteiger partial charge in [-0.15, -0.1) is 10.2 Å². The minimum Gasteiger partial charge on any atom is -0.416 e. The average molecular weight is 215 g/mol. The first-order chi connectivity index (χ1) is 6.63. The number of hydrogen-bond donors (Lipinski definition) is 1. The molecule has 1 amide bonds. The second-order valence-corrected chi connectivity index (χ2v) is 4.03. The highest BCUT2D eigenvalue weighted by Gasteiger charge is 2.16. The van der Waals surface area contributed by atoms with Gasteiger partial charge in [-0.2, -0.15) is 0 Å². The minimum absolute atomic E-state index is 0.0200. The van der Waals surface area contributed by atoms with Gasteiger partial charge in [0.05, 0.1) is 5.25 Å². The van der Waals surface area contributed by atoms with Crippen LogP contribution in [0.3, 0.4) is 0 Å². The molecule has 1 N–H and O–H groups in total. The van der Waals surface area contributed by atoms with Crippen LogP contribution in [0.25, 0.3) is 0 Å². The molecule has 0 unspecified atom stereocenters. The lowest BCUT2D eigenvalue weighted by molar-refractivity contribution is -0.120. The summed E-state index contributed by atoms with van der Waals surface area (Å²) in [4.78, 5) is 11.3. The Labute approximate surface area is 86.7 Å². The van der Waals surface area contributed by atoms with Crippen molar-refractivity contribution >= 4 is 17.7 Å². The second kappa shape index (κ2) is 4.99. The van der Waals surface area contributed by atoms with Crippen molar-refractivity contribution in [1.82, 2.24) is 15.5 Å². The van der Waals surface area contributed by atoms with Crippen molar-refractivity contribution in [3.8, 4) is 0 Å². The number of aryl methyl sites for hydroxylation is 1. The van der Waals surface area contributed by atoms with Crippen molar-refractivity contribution in [2.75, 3.05) is 6.54 Å². The summed E-state index contributed by atoms with van der Waals surface area (Å²) in [5.74, 6) is 0.490. The molecule has 0 aromatic carbocycles. The minimum atomic E-state index is -0.213. The number of carbonyl (C=O) groups is 1. The fraction of sp³-hybridized carbons (Fsp3) is 0.625. The first kappa shape index (κ1) is 11.0. The van der Waals surface area contributed by atoms with Gasteiger partial charge in [0.1, 0.15) is 0 Å². The van der Waals surface area contributed by atoms with Crippen LogP contribution in [-0.2, 0) is 4.79 Å². The lowest BCUT2D eigenvalue weighted by atomic mass is 10.4. The maximum atomic E-state index is 11.3. The predicted octanol–water partition coefficient (Wildman–Crippen LogP) is 0.995. The van der Waals surface area contributed by atoms with E-state index < -0.39 is 0 Å². The van der Waals surface area contributed by atoms with Crippen LogP contribution >= 0.6 is 11.8 Å². The highest BCUT2D eigenvalue weighted by Crippen LogP contribution is 2.21. The zero-order valence-electron chi connectivity index (χ0n) is 8.40. The van der Waals surface area contributed by atoms with Crippen LogP contribution in [0.1, 0.15) is 19.7 Å². The SMILES string of the molecule is CCNC(=O)[C@H](C)Sc1nnc(C)o1. The molecule has 0 aliphatic heterocycles. The molecule has 1 atom stereocenters. The van der Waals surface area contributed by atoms with Crippen LogP contribution in [-0.4, -0.2) is 27.9 Å². The molecule has 1 rings (SSSR count). The van der Waals surface area contributed by atoms with Crippen LogP contribution in [0.15, 0.2) is 9.64 Å². The van der Waals surface area contributed by atoms with E-state index in [2.05, 4.69) is 15.5 Å². The summed E-state index contributed by atoms with van der Waals surface area (Å²) < 4.78 is 5.14. The molecular formula is C8H13N3O2S. The molecule has 1 aromatic heterocycles. The number of carbonyl (C=O) groups excluding carboxylic acids is 1. The van der Waals surface area contributed by atoms with Crippen molar-refractivity contribution < 1.29 is 9.21 Å². The van der Waals surface area contributed by atoms with E-state index in [1.54, 1.807) is 13.8 Å². The van der Waals surface area contributed by atoms with E-state index >= 15 is 0 Å². The molecule has 6 heteroatoms. The molecule has 0 radical (unpaired) electrons. The number of thioether (sulfide) groups is 1. The van der Waals surface area contributed by atoms with E-state index in [9.17, 15) is 4.79 Å². The van der Waals surface area contributed by atoms with Crippen LogP contribution < -0.4 is 5.32 Å². The molecule has 5 nitrogen and oxygen atoms in total. The maximum Gasteiger partial charge on any atom is 0.277 e. The topological polar surface area (TPSA) is 68.0 Å². The molecule has 0 bridgehead atoms. The highest BCUT2D eigenvalue weighted by atomic mass is 32.2. The third-order valence-electron chi connectivity index (χ3n) is 1.51. The van der Waals surface area contributed by atoms with Crippen LogP contribution in [0, 0.1) is 6.92 Å². The number of nitrogens with one attached hydrogen (secondary N) is 1. The molecule has 78 valence electrons. The van der Waals surface area contributed by atoms with E-state index in [4.69, 9.17) is 4.42 Å². The molecule has 0 fully saturated rings. The van der Waals surface area contributed by atoms with E-state index in [1.807, 2.05) is 6.92 Å². The van der Waals surface area contributed by atoms with Gasteiger partial charge in [-0.25, -0.2) is 0 Å². The predicted molar refractivity (Wildman–Crippen MR) is 53.0 cm³/mol. The Hall–Kier alpha value is -1.04. The third kappa shape index (κ3) is 3.02. The fourth-order valence-electron chi connectivity index (χ4n) is 0.849. The van der Waals surface area contributed by atoms with Crippen molar-refractivity contribution in [3.05, 3.63) is 5.89 Å². The fourth-order valence-corrected chi connectivity index (χ4v) is 1.60. The largest absolute Gasteiger partial charge is 0.416 e. The zero-order chi connectivity index (χ0) is 10.6. The molecule has 14 heavy (non-hydrogen) atoms. The summed E-state index contributed by atoms with van der Waals surface area (Å²) in [7, 11) is 0. The van der Waals surface area contributed by atoms with Crippen molar-refractivity contribution in [1.29, 1.82) is 0 Å². The van der Waals surface area contributed by atoms with Gasteiger partial charge in [-0.1, -0.05) is 11.8 Å². The zero-order valence-corrected chi connectivity index (χ0v) is 9.22. The summed E-state index contributed by atoms with van der Waals surface area (Å²) in [5.41, 5.74) is 0. The number of hydrogen-bond acceptors (Lipinski definition) is 5. The summed E-state index contributed by atoms with van der Waals surface area (Å²) in [6.45, 7) is 6.03. The number of nitrogens with zero attached hydrogens (tertiary/aromatic N) is 2. The Balaban J connectivity index is 2.48. The van der Waals surface area contributed by atoms with Crippen molar-refractivity contribution in [2.45, 2.75) is 31.2 Å². The molecule has 1 heterocycles. The van der Waals surface area contributed by atoms with E-state index in [1.165, 1.54) is 11.8 Å². The van der Waals surface area contributed by atoms with Crippen molar-refractivity contribution in [3.63, 3.8) is 0 Å². The smallest absolute Gasteiger partial charge is 0.277 e. The van der Waals surface area contributed by atoms with E-state index in [0.717, 1.165) is 0 Å². The maximum absolute atomic E-state index is 11.3. The third-order valence-corrected chi connectivity index (χ3v) is 2.44. The Kier molecular flexibility index (Phi) is 3.94. The van der Waals surface area contributed by atoms with Crippen LogP contribution in [0.4, 0.5) is 0 Å². The number of rotatable bonds is 4. The Bertz CT molecular complexity index is 313. The Morgan fingerprint density at radius 3 is 2.86 bits per heavy atom. The molecule has 0 aliphatic carbocycles. The summed E-state index contributed by atoms with van der Waals surface area (Å²) in [6.07, 6.45) is 0. The van der Waals surface area contributed by atoms with Gasteiger partial charge in [-0.3, -0.25) is 4.79 Å². The molecule has 1 aromatic rings. The van der Waals surface area contributed by atoms with Gasteiger partial charge in [0.25, 0.3) is 5.22 Å². The van der Waals surface area contributed by atoms with Gasteiger partial charge < -0.3 is 9.73 Å². The lowest BCUT2D eigenvalue weighted by Crippen LogP contribution is -2.30. The first-order valence-corrected chi connectivity index (χ1v) is 5.26. The van der Waals surface area contributed by atoms with Gasteiger partial charge in [-0.05, 0) is 13.8 Å². The van der Waals surface area contributed by atoms with Crippen LogP contribution in [0.5, 0.6) is 0 Å². The van der Waals surface area contributed by atoms with Crippen molar-refractivity contribution in [2.24, 2.45) is 0 Å². The van der Waals surface area contributed by atoms with Gasteiger partial charge in [0.15, 0.2) is 0 Å². The molecule has 0 saturated heterocycles. The number of aromatic nitrogens is 2. The normalized spacial score (nSPS) is 12.5. The summed E-state index contributed by atoms with van der Waals surface area (Å²) in [5, 5.41) is 10.4. The first-order valence-electron chi connectivity index (χ1n) is 4.38. The Morgan fingerprint density at radius 1 is 1.64 bits per heavy atom. The Morgan fingerprint density at radius 2 is 2.36 bits per heavy atom. The molecule has 0 aliphatic rings. The molecule has 0 saturated carbocycles. The van der Waals surface area contributed by atoms with E-state index in [-0.39, 0.29) is 11.2 Å². The summed E-state index contributed by atoms with van der Waals surface area (Å²) in [6, 6.07) is 0. The number of amides is 1. The van der Waals surface area contributed by atoms with Gasteiger partial charge in [0.2, 0.25) is 11.8 Å². The van der Waals surface area contributed by atoms with Gasteiger partial charge in [0, 0.05) is 13.5 Å². The average Bonchev–Trinajstić information content (AvgIpc) is 2.51. The van der Waals surface area contributed by atoms with E-state index in [0.29, 0.717) is 17.7 Å². The van der Waals surface area contributed by atoms with Gasteiger partial charge >= 0.3 is 0 Å². The highest BCUT2D eigenvalue weighted by molar-refractivity contribution is 8.00. The molecule has 0 spiro atoms. The standard InChI is InChI=1S/C8H13N3O2S/c1-4-9-7(12)5(2)14-8-11-10-6(3)13-8/h5H,4H2,1-3H3,(H,9,12)/t5-/m0/s1. The quantitative estimate of drug-likeness (QED) is 0.759. The second-order valence-electron chi connectivity index (χ2n) is 2.74. The summed E-state index contributed by atoms with van der Waals surface area (Å²) >= 11 is 1.26. The van der Waals surface area contributed by atoms with Crippen LogP contribution in [0.2, 0.25) is 0 Å².